The number of nitrogens with zero attached hydrogens (tertiary/aromatic N) is 3. The number of aromatic nitrogens is 1. The second kappa shape index (κ2) is 10.0. The van der Waals surface area contributed by atoms with Crippen LogP contribution in [0.4, 0.5) is 10.5 Å². The summed E-state index contributed by atoms with van der Waals surface area (Å²) in [7, 11) is 2.23. The molecule has 1 fully saturated rings. The van der Waals surface area contributed by atoms with E-state index in [9.17, 15) is 24.5 Å². The van der Waals surface area contributed by atoms with Gasteiger partial charge in [0, 0.05) is 18.7 Å². The van der Waals surface area contributed by atoms with Gasteiger partial charge in [-0.25, -0.2) is 19.4 Å². The molecule has 0 saturated carbocycles. The smallest absolute Gasteiger partial charge is 0.410 e. The van der Waals surface area contributed by atoms with Gasteiger partial charge >= 0.3 is 23.7 Å². The second-order valence-corrected chi connectivity index (χ2v) is 7.02. The number of esters is 2. The Morgan fingerprint density at radius 1 is 1.32 bits per heavy atom. The Hall–Kier alpha value is -3.44. The molecule has 12 nitrogen and oxygen atoms in total. The predicted octanol–water partition coefficient (Wildman–Crippen LogP) is 1.77. The number of carbonyl (C=O) groups is 3. The third-order valence-corrected chi connectivity index (χ3v) is 4.77. The molecule has 31 heavy (non-hydrogen) atoms. The topological polar surface area (TPSA) is 147 Å². The predicted molar refractivity (Wildman–Crippen MR) is 104 cm³/mol. The van der Waals surface area contributed by atoms with Crippen molar-refractivity contribution in [3.05, 3.63) is 27.9 Å². The van der Waals surface area contributed by atoms with Crippen molar-refractivity contribution >= 4 is 23.7 Å². The fraction of sp³-hybridized carbons (Fsp3) is 0.579. The van der Waals surface area contributed by atoms with Crippen molar-refractivity contribution in [2.75, 3.05) is 27.4 Å². The van der Waals surface area contributed by atoms with Gasteiger partial charge in [0.25, 0.3) is 5.88 Å². The van der Waals surface area contributed by atoms with Crippen LogP contribution in [-0.4, -0.2) is 71.9 Å². The molecule has 1 saturated heterocycles. The lowest BCUT2D eigenvalue weighted by Crippen LogP contribution is -2.49. The van der Waals surface area contributed by atoms with E-state index in [1.54, 1.807) is 6.92 Å². The van der Waals surface area contributed by atoms with Crippen molar-refractivity contribution < 1.29 is 38.3 Å². The third kappa shape index (κ3) is 5.19. The number of methoxy groups -OCH3 is 2. The molecule has 1 aromatic rings. The lowest BCUT2D eigenvalue weighted by Gasteiger charge is -2.26. The van der Waals surface area contributed by atoms with E-state index in [1.807, 2.05) is 6.92 Å². The average Bonchev–Trinajstić information content (AvgIpc) is 3.14. The summed E-state index contributed by atoms with van der Waals surface area (Å²) in [6, 6.07) is 0.0133. The summed E-state index contributed by atoms with van der Waals surface area (Å²) in [5, 5.41) is 11.4. The average molecular weight is 439 g/mol. The number of likely N-dealkylation sites (tertiary alicyclic amines) is 1. The first-order chi connectivity index (χ1) is 14.7. The summed E-state index contributed by atoms with van der Waals surface area (Å²) in [6.45, 7) is 3.20. The fourth-order valence-corrected chi connectivity index (χ4v) is 3.18. The van der Waals surface area contributed by atoms with E-state index in [2.05, 4.69) is 4.98 Å². The molecule has 2 rings (SSSR count). The zero-order valence-corrected chi connectivity index (χ0v) is 17.8. The molecule has 0 spiro atoms. The van der Waals surface area contributed by atoms with E-state index >= 15 is 0 Å². The minimum Gasteiger partial charge on any atom is -0.467 e. The Balaban J connectivity index is 2.44. The van der Waals surface area contributed by atoms with Crippen LogP contribution >= 0.6 is 0 Å². The first-order valence-corrected chi connectivity index (χ1v) is 9.58. The zero-order chi connectivity index (χ0) is 23.2. The van der Waals surface area contributed by atoms with Gasteiger partial charge in [0.05, 0.1) is 32.3 Å². The van der Waals surface area contributed by atoms with Gasteiger partial charge in [0.2, 0.25) is 5.60 Å². The number of carbonyl (C=O) groups excluding carboxylic acids is 3. The normalized spacial score (nSPS) is 20.1. The molecule has 2 atom stereocenters. The highest BCUT2D eigenvalue weighted by Gasteiger charge is 2.58. The van der Waals surface area contributed by atoms with Gasteiger partial charge in [-0.1, -0.05) is 13.3 Å². The molecule has 0 bridgehead atoms. The molecule has 2 heterocycles. The molecular weight excluding hydrogens is 414 g/mol. The van der Waals surface area contributed by atoms with E-state index in [0.29, 0.717) is 12.0 Å². The molecule has 1 aliphatic rings. The number of amides is 1. The monoisotopic (exact) mass is 439 g/mol. The Labute approximate surface area is 178 Å². The summed E-state index contributed by atoms with van der Waals surface area (Å²) in [5.74, 6) is -2.17. The Morgan fingerprint density at radius 2 is 2.03 bits per heavy atom. The van der Waals surface area contributed by atoms with E-state index < -0.39 is 52.7 Å². The number of pyridine rings is 1. The molecule has 12 heteroatoms. The molecular formula is C19H25N3O9. The Morgan fingerprint density at radius 3 is 2.61 bits per heavy atom. The molecule has 0 aliphatic carbocycles. The maximum atomic E-state index is 12.7. The quantitative estimate of drug-likeness (QED) is 0.193. The third-order valence-electron chi connectivity index (χ3n) is 4.77. The van der Waals surface area contributed by atoms with E-state index in [4.69, 9.17) is 18.9 Å². The second-order valence-electron chi connectivity index (χ2n) is 7.02. The first-order valence-electron chi connectivity index (χ1n) is 9.58. The molecule has 170 valence electrons. The highest BCUT2D eigenvalue weighted by Crippen LogP contribution is 2.37. The lowest BCUT2D eigenvalue weighted by molar-refractivity contribution is -0.386. The van der Waals surface area contributed by atoms with Crippen molar-refractivity contribution in [2.45, 2.75) is 44.8 Å². The highest BCUT2D eigenvalue weighted by molar-refractivity contribution is 5.88. The molecule has 1 unspecified atom stereocenters. The van der Waals surface area contributed by atoms with Gasteiger partial charge in [-0.3, -0.25) is 15.0 Å². The minimum absolute atomic E-state index is 0.122. The maximum absolute atomic E-state index is 12.7. The molecule has 0 N–H and O–H groups in total. The van der Waals surface area contributed by atoms with Crippen LogP contribution in [0.3, 0.4) is 0 Å². The summed E-state index contributed by atoms with van der Waals surface area (Å²) < 4.78 is 20.5. The molecule has 1 amide bonds. The summed E-state index contributed by atoms with van der Waals surface area (Å²) >= 11 is 0. The SMILES string of the molecule is CCCCOC(=O)N1CC(Oc2ncc(C)cc2[N+](=O)[O-])(C(=O)OC)C[C@H]1C(=O)OC. The van der Waals surface area contributed by atoms with Gasteiger partial charge in [-0.2, -0.15) is 0 Å². The maximum Gasteiger partial charge on any atom is 0.410 e. The van der Waals surface area contributed by atoms with Crippen LogP contribution in [0.1, 0.15) is 31.7 Å². The fourth-order valence-electron chi connectivity index (χ4n) is 3.18. The van der Waals surface area contributed by atoms with Crippen LogP contribution in [0, 0.1) is 17.0 Å². The Bertz CT molecular complexity index is 860. The Kier molecular flexibility index (Phi) is 7.72. The standard InChI is InChI=1S/C19H25N3O9/c1-5-6-7-30-18(25)21-11-19(17(24)29-4,9-14(21)16(23)28-3)31-15-13(22(26)27)8-12(2)10-20-15/h8,10,14H,5-7,9,11H2,1-4H3/t14-,19?/m0/s1. The van der Waals surface area contributed by atoms with E-state index in [1.165, 1.54) is 12.3 Å². The summed E-state index contributed by atoms with van der Waals surface area (Å²) in [6.07, 6.45) is 1.52. The lowest BCUT2D eigenvalue weighted by atomic mass is 10.00. The summed E-state index contributed by atoms with van der Waals surface area (Å²) in [5.41, 5.74) is -1.89. The van der Waals surface area contributed by atoms with Gasteiger partial charge in [-0.15, -0.1) is 0 Å². The van der Waals surface area contributed by atoms with Gasteiger partial charge in [0.15, 0.2) is 0 Å². The number of aryl methyl sites for hydroxylation is 1. The van der Waals surface area contributed by atoms with Crippen LogP contribution in [-0.2, 0) is 23.8 Å². The van der Waals surface area contributed by atoms with Crippen LogP contribution in [0.15, 0.2) is 12.3 Å². The number of nitro groups is 1. The van der Waals surface area contributed by atoms with Gasteiger partial charge in [0.1, 0.15) is 6.04 Å². The van der Waals surface area contributed by atoms with Crippen molar-refractivity contribution in [1.82, 2.24) is 9.88 Å². The van der Waals surface area contributed by atoms with Crippen molar-refractivity contribution in [1.29, 1.82) is 0 Å². The highest BCUT2D eigenvalue weighted by atomic mass is 16.6. The van der Waals surface area contributed by atoms with Gasteiger partial charge in [-0.05, 0) is 18.9 Å². The van der Waals surface area contributed by atoms with Gasteiger partial charge < -0.3 is 18.9 Å². The van der Waals surface area contributed by atoms with Crippen LogP contribution in [0.5, 0.6) is 5.88 Å². The molecule has 0 aromatic carbocycles. The molecule has 1 aliphatic heterocycles. The van der Waals surface area contributed by atoms with Crippen molar-refractivity contribution in [3.63, 3.8) is 0 Å². The zero-order valence-electron chi connectivity index (χ0n) is 17.8. The molecule has 1 aromatic heterocycles. The number of ether oxygens (including phenoxy) is 4. The van der Waals surface area contributed by atoms with Crippen LogP contribution in [0.25, 0.3) is 0 Å². The van der Waals surface area contributed by atoms with E-state index in [-0.39, 0.29) is 13.0 Å². The number of hydrogen-bond donors (Lipinski definition) is 0. The molecule has 0 radical (unpaired) electrons. The van der Waals surface area contributed by atoms with Crippen molar-refractivity contribution in [3.8, 4) is 5.88 Å². The number of hydrogen-bond acceptors (Lipinski definition) is 10. The van der Waals surface area contributed by atoms with E-state index in [0.717, 1.165) is 25.5 Å². The van der Waals surface area contributed by atoms with Crippen LogP contribution < -0.4 is 4.74 Å². The number of rotatable bonds is 8. The first kappa shape index (κ1) is 23.8. The van der Waals surface area contributed by atoms with Crippen LogP contribution in [0.2, 0.25) is 0 Å². The summed E-state index contributed by atoms with van der Waals surface area (Å²) in [4.78, 5) is 53.3. The minimum atomic E-state index is -1.93. The number of unbranched alkanes of at least 4 members (excludes halogenated alkanes) is 1. The largest absolute Gasteiger partial charge is 0.467 e. The van der Waals surface area contributed by atoms with Crippen molar-refractivity contribution in [2.24, 2.45) is 0 Å².